The molecule has 1 aliphatic heterocycles. The molecule has 0 bridgehead atoms. The molecule has 1 aliphatic rings. The van der Waals surface area contributed by atoms with E-state index in [2.05, 4.69) is 23.3 Å². The van der Waals surface area contributed by atoms with Gasteiger partial charge in [-0.2, -0.15) is 0 Å². The van der Waals surface area contributed by atoms with Crippen LogP contribution in [0.4, 0.5) is 0 Å². The molecule has 1 saturated heterocycles. The first-order valence-electron chi connectivity index (χ1n) is 8.08. The molecule has 118 valence electrons. The maximum Gasteiger partial charge on any atom is 0.224 e. The Morgan fingerprint density at radius 3 is 3.05 bits per heavy atom. The minimum Gasteiger partial charge on any atom is -0.381 e. The zero-order valence-corrected chi connectivity index (χ0v) is 13.3. The summed E-state index contributed by atoms with van der Waals surface area (Å²) < 4.78 is 5.51. The topological polar surface area (TPSA) is 54.1 Å². The van der Waals surface area contributed by atoms with Crippen molar-refractivity contribution in [3.05, 3.63) is 35.5 Å². The van der Waals surface area contributed by atoms with Gasteiger partial charge in [-0.1, -0.05) is 18.2 Å². The summed E-state index contributed by atoms with van der Waals surface area (Å²) in [5.41, 5.74) is 3.27. The number of aromatic nitrogens is 1. The Morgan fingerprint density at radius 1 is 1.45 bits per heavy atom. The van der Waals surface area contributed by atoms with Gasteiger partial charge in [0.25, 0.3) is 0 Å². The molecule has 4 heteroatoms. The number of hydrogen-bond acceptors (Lipinski definition) is 2. The van der Waals surface area contributed by atoms with Crippen LogP contribution in [0.1, 0.15) is 31.0 Å². The summed E-state index contributed by atoms with van der Waals surface area (Å²) in [5.74, 6) is 0.521. The highest BCUT2D eigenvalue weighted by Crippen LogP contribution is 2.22. The van der Waals surface area contributed by atoms with Crippen molar-refractivity contribution in [1.82, 2.24) is 10.3 Å². The van der Waals surface area contributed by atoms with Crippen LogP contribution in [0.3, 0.4) is 0 Å². The van der Waals surface area contributed by atoms with Crippen LogP contribution in [0.2, 0.25) is 0 Å². The van der Waals surface area contributed by atoms with E-state index >= 15 is 0 Å². The normalized spacial score (nSPS) is 20.0. The number of para-hydroxylation sites is 1. The molecule has 2 aromatic rings. The van der Waals surface area contributed by atoms with E-state index in [1.807, 2.05) is 25.1 Å². The first kappa shape index (κ1) is 15.1. The average Bonchev–Trinajstić information content (AvgIpc) is 2.84. The van der Waals surface area contributed by atoms with Crippen molar-refractivity contribution in [2.24, 2.45) is 5.92 Å². The van der Waals surface area contributed by atoms with E-state index in [0.717, 1.165) is 48.2 Å². The summed E-state index contributed by atoms with van der Waals surface area (Å²) in [6.45, 7) is 5.72. The minimum atomic E-state index is 0.0888. The predicted molar refractivity (Wildman–Crippen MR) is 87.9 cm³/mol. The molecule has 22 heavy (non-hydrogen) atoms. The van der Waals surface area contributed by atoms with E-state index in [4.69, 9.17) is 4.74 Å². The highest BCUT2D eigenvalue weighted by Gasteiger charge is 2.22. The van der Waals surface area contributed by atoms with Gasteiger partial charge in [-0.3, -0.25) is 4.79 Å². The lowest BCUT2D eigenvalue weighted by atomic mass is 9.94. The van der Waals surface area contributed by atoms with Gasteiger partial charge in [0, 0.05) is 35.2 Å². The van der Waals surface area contributed by atoms with Crippen LogP contribution < -0.4 is 5.32 Å². The average molecular weight is 300 g/mol. The number of H-pyrrole nitrogens is 1. The molecule has 2 N–H and O–H groups in total. The number of hydrogen-bond donors (Lipinski definition) is 2. The summed E-state index contributed by atoms with van der Waals surface area (Å²) in [6, 6.07) is 8.30. The second-order valence-corrected chi connectivity index (χ2v) is 6.28. The molecular formula is C18H24N2O2. The zero-order valence-electron chi connectivity index (χ0n) is 13.3. The highest BCUT2D eigenvalue weighted by atomic mass is 16.5. The van der Waals surface area contributed by atoms with E-state index in [1.54, 1.807) is 0 Å². The van der Waals surface area contributed by atoms with Crippen LogP contribution in [0.15, 0.2) is 24.3 Å². The molecule has 0 aliphatic carbocycles. The summed E-state index contributed by atoms with van der Waals surface area (Å²) in [4.78, 5) is 15.7. The molecule has 1 fully saturated rings. The predicted octanol–water partition coefficient (Wildman–Crippen LogP) is 2.95. The number of nitrogens with one attached hydrogen (secondary N) is 2. The second-order valence-electron chi connectivity index (χ2n) is 6.28. The van der Waals surface area contributed by atoms with Gasteiger partial charge in [-0.25, -0.2) is 0 Å². The fourth-order valence-electron chi connectivity index (χ4n) is 3.31. The molecule has 0 saturated carbocycles. The van der Waals surface area contributed by atoms with Gasteiger partial charge in [0.15, 0.2) is 0 Å². The Hall–Kier alpha value is -1.81. The molecule has 2 heterocycles. The summed E-state index contributed by atoms with van der Waals surface area (Å²) in [5, 5.41) is 4.29. The standard InChI is InChI=1S/C18H24N2O2/c1-12(14-6-5-9-22-11-14)20-18(21)10-16-13(2)19-17-8-4-3-7-15(16)17/h3-4,7-8,12,14,19H,5-6,9-11H2,1-2H3,(H,20,21)/t12-,14-/m1/s1. The zero-order chi connectivity index (χ0) is 15.5. The van der Waals surface area contributed by atoms with E-state index in [0.29, 0.717) is 12.3 Å². The van der Waals surface area contributed by atoms with Gasteiger partial charge in [0.05, 0.1) is 13.0 Å². The maximum atomic E-state index is 12.4. The highest BCUT2D eigenvalue weighted by molar-refractivity contribution is 5.90. The lowest BCUT2D eigenvalue weighted by molar-refractivity contribution is -0.121. The third kappa shape index (κ3) is 3.17. The first-order valence-corrected chi connectivity index (χ1v) is 8.08. The minimum absolute atomic E-state index is 0.0888. The van der Waals surface area contributed by atoms with Crippen LogP contribution >= 0.6 is 0 Å². The lowest BCUT2D eigenvalue weighted by Gasteiger charge is -2.28. The molecule has 1 aromatic carbocycles. The Labute approximate surface area is 131 Å². The number of aromatic amines is 1. The van der Waals surface area contributed by atoms with E-state index in [1.165, 1.54) is 0 Å². The quantitative estimate of drug-likeness (QED) is 0.912. The van der Waals surface area contributed by atoms with Crippen molar-refractivity contribution in [2.75, 3.05) is 13.2 Å². The van der Waals surface area contributed by atoms with Crippen LogP contribution in [-0.2, 0) is 16.0 Å². The van der Waals surface area contributed by atoms with Gasteiger partial charge in [-0.05, 0) is 38.3 Å². The summed E-state index contributed by atoms with van der Waals surface area (Å²) >= 11 is 0. The molecule has 0 spiro atoms. The molecule has 1 aromatic heterocycles. The fourth-order valence-corrected chi connectivity index (χ4v) is 3.31. The van der Waals surface area contributed by atoms with Crippen LogP contribution in [0.5, 0.6) is 0 Å². The molecular weight excluding hydrogens is 276 g/mol. The monoisotopic (exact) mass is 300 g/mol. The lowest BCUT2D eigenvalue weighted by Crippen LogP contribution is -2.41. The Bertz CT molecular complexity index is 656. The number of fused-ring (bicyclic) bond motifs is 1. The van der Waals surface area contributed by atoms with E-state index in [-0.39, 0.29) is 11.9 Å². The van der Waals surface area contributed by atoms with Crippen LogP contribution in [0, 0.1) is 12.8 Å². The fraction of sp³-hybridized carbons (Fsp3) is 0.500. The van der Waals surface area contributed by atoms with Crippen LogP contribution in [-0.4, -0.2) is 30.1 Å². The number of carbonyl (C=O) groups is 1. The van der Waals surface area contributed by atoms with Crippen LogP contribution in [0.25, 0.3) is 10.9 Å². The number of rotatable bonds is 4. The third-order valence-electron chi connectivity index (χ3n) is 4.66. The second kappa shape index (κ2) is 6.53. The number of aryl methyl sites for hydroxylation is 1. The van der Waals surface area contributed by atoms with Crippen molar-refractivity contribution in [3.63, 3.8) is 0 Å². The van der Waals surface area contributed by atoms with Crippen molar-refractivity contribution < 1.29 is 9.53 Å². The van der Waals surface area contributed by atoms with Crippen molar-refractivity contribution >= 4 is 16.8 Å². The summed E-state index contributed by atoms with van der Waals surface area (Å²) in [6.07, 6.45) is 2.65. The maximum absolute atomic E-state index is 12.4. The molecule has 1 amide bonds. The third-order valence-corrected chi connectivity index (χ3v) is 4.66. The van der Waals surface area contributed by atoms with Crippen molar-refractivity contribution in [1.29, 1.82) is 0 Å². The Balaban J connectivity index is 1.66. The molecule has 0 radical (unpaired) electrons. The molecule has 3 rings (SSSR count). The Morgan fingerprint density at radius 2 is 2.27 bits per heavy atom. The largest absolute Gasteiger partial charge is 0.381 e. The smallest absolute Gasteiger partial charge is 0.224 e. The molecule has 4 nitrogen and oxygen atoms in total. The number of ether oxygens (including phenoxy) is 1. The molecule has 2 atom stereocenters. The van der Waals surface area contributed by atoms with Gasteiger partial charge in [0.1, 0.15) is 0 Å². The SMILES string of the molecule is Cc1[nH]c2ccccc2c1CC(=O)N[C@H](C)[C@@H]1CCCOC1. The summed E-state index contributed by atoms with van der Waals surface area (Å²) in [7, 11) is 0. The first-order chi connectivity index (χ1) is 10.6. The van der Waals surface area contributed by atoms with Crippen molar-refractivity contribution in [3.8, 4) is 0 Å². The van der Waals surface area contributed by atoms with Gasteiger partial charge >= 0.3 is 0 Å². The van der Waals surface area contributed by atoms with Gasteiger partial charge in [-0.15, -0.1) is 0 Å². The van der Waals surface area contributed by atoms with E-state index in [9.17, 15) is 4.79 Å². The van der Waals surface area contributed by atoms with Crippen molar-refractivity contribution in [2.45, 2.75) is 39.2 Å². The number of carbonyl (C=O) groups excluding carboxylic acids is 1. The Kier molecular flexibility index (Phi) is 4.48. The van der Waals surface area contributed by atoms with Gasteiger partial charge in [0.2, 0.25) is 5.91 Å². The number of amides is 1. The van der Waals surface area contributed by atoms with E-state index < -0.39 is 0 Å². The van der Waals surface area contributed by atoms with Gasteiger partial charge < -0.3 is 15.0 Å². The molecule has 0 unspecified atom stereocenters. The number of benzene rings is 1.